The average Bonchev–Trinajstić information content (AvgIpc) is 2.33. The minimum absolute atomic E-state index is 0. The highest BCUT2D eigenvalue weighted by atomic mass is 35.5. The molecular weight excluding hydrogens is 248 g/mol. The van der Waals surface area contributed by atoms with Crippen molar-refractivity contribution in [2.75, 3.05) is 13.1 Å². The van der Waals surface area contributed by atoms with Crippen LogP contribution in [0.3, 0.4) is 0 Å². The Bertz CT molecular complexity index is 236. The van der Waals surface area contributed by atoms with Gasteiger partial charge in [-0.1, -0.05) is 33.6 Å². The summed E-state index contributed by atoms with van der Waals surface area (Å²) in [6.07, 6.45) is 5.49. The molecule has 0 spiro atoms. The van der Waals surface area contributed by atoms with Gasteiger partial charge in [-0.15, -0.1) is 12.4 Å². The van der Waals surface area contributed by atoms with Crippen LogP contribution in [-0.2, 0) is 4.79 Å². The summed E-state index contributed by atoms with van der Waals surface area (Å²) in [6, 6.07) is 0.326. The first kappa shape index (κ1) is 17.7. The number of carbonyl (C=O) groups excluding carboxylic acids is 1. The van der Waals surface area contributed by atoms with Crippen molar-refractivity contribution in [1.29, 1.82) is 0 Å². The zero-order valence-electron chi connectivity index (χ0n) is 12.0. The highest BCUT2D eigenvalue weighted by Gasteiger charge is 2.25. The fourth-order valence-corrected chi connectivity index (χ4v) is 2.45. The predicted octanol–water partition coefficient (Wildman–Crippen LogP) is 2.74. The Morgan fingerprint density at radius 1 is 1.44 bits per heavy atom. The van der Waals surface area contributed by atoms with Crippen LogP contribution in [0.5, 0.6) is 0 Å². The van der Waals surface area contributed by atoms with Crippen molar-refractivity contribution in [3.8, 4) is 0 Å². The van der Waals surface area contributed by atoms with E-state index in [0.29, 0.717) is 12.0 Å². The molecule has 1 aliphatic rings. The van der Waals surface area contributed by atoms with Gasteiger partial charge in [-0.3, -0.25) is 4.79 Å². The van der Waals surface area contributed by atoms with Crippen molar-refractivity contribution >= 4 is 18.3 Å². The first-order valence-electron chi connectivity index (χ1n) is 7.20. The molecule has 1 fully saturated rings. The molecule has 0 saturated carbocycles. The largest absolute Gasteiger partial charge is 0.352 e. The second kappa shape index (κ2) is 9.62. The predicted molar refractivity (Wildman–Crippen MR) is 79.1 cm³/mol. The summed E-state index contributed by atoms with van der Waals surface area (Å²) in [5.74, 6) is 1.08. The Balaban J connectivity index is 0.00000289. The van der Waals surface area contributed by atoms with E-state index in [9.17, 15) is 4.79 Å². The van der Waals surface area contributed by atoms with Crippen molar-refractivity contribution < 1.29 is 4.79 Å². The van der Waals surface area contributed by atoms with Crippen LogP contribution in [0, 0.1) is 11.8 Å². The van der Waals surface area contributed by atoms with Gasteiger partial charge in [-0.25, -0.2) is 0 Å². The maximum absolute atomic E-state index is 12.2. The summed E-state index contributed by atoms with van der Waals surface area (Å²) < 4.78 is 0. The topological polar surface area (TPSA) is 41.1 Å². The van der Waals surface area contributed by atoms with Crippen LogP contribution in [0.15, 0.2) is 0 Å². The maximum Gasteiger partial charge on any atom is 0.223 e. The van der Waals surface area contributed by atoms with E-state index < -0.39 is 0 Å². The van der Waals surface area contributed by atoms with Gasteiger partial charge in [0.25, 0.3) is 0 Å². The van der Waals surface area contributed by atoms with Crippen LogP contribution >= 0.6 is 12.4 Å². The Labute approximate surface area is 118 Å². The molecule has 3 unspecified atom stereocenters. The summed E-state index contributed by atoms with van der Waals surface area (Å²) in [5, 5.41) is 6.58. The van der Waals surface area contributed by atoms with Gasteiger partial charge in [-0.05, 0) is 31.7 Å². The fraction of sp³-hybridized carbons (Fsp3) is 0.929. The zero-order chi connectivity index (χ0) is 12.7. The molecule has 108 valence electrons. The van der Waals surface area contributed by atoms with Crippen LogP contribution in [0.1, 0.15) is 52.9 Å². The Morgan fingerprint density at radius 2 is 2.17 bits per heavy atom. The number of nitrogens with one attached hydrogen (secondary N) is 2. The molecule has 1 saturated heterocycles. The number of carbonyl (C=O) groups is 1. The number of halogens is 1. The van der Waals surface area contributed by atoms with E-state index in [4.69, 9.17) is 0 Å². The van der Waals surface area contributed by atoms with E-state index >= 15 is 0 Å². The lowest BCUT2D eigenvalue weighted by atomic mass is 9.92. The highest BCUT2D eigenvalue weighted by molar-refractivity contribution is 5.85. The number of hydrogen-bond donors (Lipinski definition) is 2. The van der Waals surface area contributed by atoms with Crippen LogP contribution in [0.2, 0.25) is 0 Å². The molecule has 2 N–H and O–H groups in total. The molecule has 18 heavy (non-hydrogen) atoms. The molecule has 0 aromatic carbocycles. The lowest BCUT2D eigenvalue weighted by Crippen LogP contribution is -2.51. The zero-order valence-corrected chi connectivity index (χ0v) is 12.8. The summed E-state index contributed by atoms with van der Waals surface area (Å²) in [7, 11) is 0. The third-order valence-corrected chi connectivity index (χ3v) is 3.92. The van der Waals surface area contributed by atoms with E-state index in [1.807, 2.05) is 0 Å². The molecule has 4 heteroatoms. The summed E-state index contributed by atoms with van der Waals surface area (Å²) in [4.78, 5) is 12.2. The summed E-state index contributed by atoms with van der Waals surface area (Å²) >= 11 is 0. The van der Waals surface area contributed by atoms with Crippen LogP contribution in [0.4, 0.5) is 0 Å². The molecule has 1 amide bonds. The first-order chi connectivity index (χ1) is 8.19. The van der Waals surface area contributed by atoms with Crippen molar-refractivity contribution in [3.63, 3.8) is 0 Å². The summed E-state index contributed by atoms with van der Waals surface area (Å²) in [5.41, 5.74) is 0. The molecule has 0 aromatic rings. The number of unbranched alkanes of at least 4 members (excludes halogenated alkanes) is 1. The quantitative estimate of drug-likeness (QED) is 0.783. The van der Waals surface area contributed by atoms with Crippen LogP contribution in [0.25, 0.3) is 0 Å². The third-order valence-electron chi connectivity index (χ3n) is 3.92. The van der Waals surface area contributed by atoms with Crippen molar-refractivity contribution in [1.82, 2.24) is 10.6 Å². The van der Waals surface area contributed by atoms with Gasteiger partial charge in [0, 0.05) is 18.5 Å². The van der Waals surface area contributed by atoms with Crippen molar-refractivity contribution in [2.45, 2.75) is 58.9 Å². The van der Waals surface area contributed by atoms with E-state index in [0.717, 1.165) is 38.8 Å². The minimum Gasteiger partial charge on any atom is -0.352 e. The molecule has 0 bridgehead atoms. The van der Waals surface area contributed by atoms with Gasteiger partial charge in [0.1, 0.15) is 0 Å². The van der Waals surface area contributed by atoms with E-state index in [2.05, 4.69) is 31.4 Å². The highest BCUT2D eigenvalue weighted by Crippen LogP contribution is 2.16. The smallest absolute Gasteiger partial charge is 0.223 e. The van der Waals surface area contributed by atoms with Crippen LogP contribution in [-0.4, -0.2) is 25.0 Å². The van der Waals surface area contributed by atoms with E-state index in [1.165, 1.54) is 6.42 Å². The second-order valence-corrected chi connectivity index (χ2v) is 5.33. The number of hydrogen-bond acceptors (Lipinski definition) is 2. The van der Waals surface area contributed by atoms with Crippen molar-refractivity contribution in [3.05, 3.63) is 0 Å². The molecule has 1 aliphatic heterocycles. The van der Waals surface area contributed by atoms with E-state index in [1.54, 1.807) is 0 Å². The van der Waals surface area contributed by atoms with Gasteiger partial charge in [-0.2, -0.15) is 0 Å². The molecule has 3 atom stereocenters. The normalized spacial score (nSPS) is 25.1. The van der Waals surface area contributed by atoms with Gasteiger partial charge in [0.2, 0.25) is 5.91 Å². The molecule has 0 aromatic heterocycles. The fourth-order valence-electron chi connectivity index (χ4n) is 2.45. The second-order valence-electron chi connectivity index (χ2n) is 5.33. The molecule has 1 rings (SSSR count). The molecular formula is C14H29ClN2O. The number of amides is 1. The summed E-state index contributed by atoms with van der Waals surface area (Å²) in [6.45, 7) is 8.54. The Hall–Kier alpha value is -0.280. The lowest BCUT2D eigenvalue weighted by molar-refractivity contribution is -0.126. The Morgan fingerprint density at radius 3 is 2.72 bits per heavy atom. The lowest BCUT2D eigenvalue weighted by Gasteiger charge is -2.31. The SMILES string of the molecule is CCCCC(CC)C(=O)NC1CNCCC1C.Cl. The average molecular weight is 277 g/mol. The van der Waals surface area contributed by atoms with Gasteiger partial charge < -0.3 is 10.6 Å². The molecule has 1 heterocycles. The van der Waals surface area contributed by atoms with E-state index in [-0.39, 0.29) is 24.2 Å². The minimum atomic E-state index is 0. The monoisotopic (exact) mass is 276 g/mol. The third kappa shape index (κ3) is 5.57. The number of rotatable bonds is 6. The molecule has 0 aliphatic carbocycles. The maximum atomic E-state index is 12.2. The standard InChI is InChI=1S/C14H28N2O.ClH/c1-4-6-7-12(5-2)14(17)16-13-10-15-9-8-11(13)3;/h11-13,15H,4-10H2,1-3H3,(H,16,17);1H. The first-order valence-corrected chi connectivity index (χ1v) is 7.20. The molecule has 3 nitrogen and oxygen atoms in total. The van der Waals surface area contributed by atoms with Gasteiger partial charge in [0.05, 0.1) is 0 Å². The van der Waals surface area contributed by atoms with Crippen LogP contribution < -0.4 is 10.6 Å². The van der Waals surface area contributed by atoms with Gasteiger partial charge in [0.15, 0.2) is 0 Å². The Kier molecular flexibility index (Phi) is 9.47. The molecule has 0 radical (unpaired) electrons. The van der Waals surface area contributed by atoms with Gasteiger partial charge >= 0.3 is 0 Å². The number of piperidine rings is 1. The van der Waals surface area contributed by atoms with Crippen molar-refractivity contribution in [2.24, 2.45) is 11.8 Å².